The van der Waals surface area contributed by atoms with Gasteiger partial charge in [-0.2, -0.15) is 0 Å². The van der Waals surface area contributed by atoms with E-state index in [4.69, 9.17) is 0 Å². The van der Waals surface area contributed by atoms with E-state index in [2.05, 4.69) is 33.6 Å². The molecule has 2 N–H and O–H groups in total. The molecule has 1 aromatic heterocycles. The number of nitrogens with zero attached hydrogens (tertiary/aromatic N) is 2. The van der Waals surface area contributed by atoms with E-state index < -0.39 is 0 Å². The summed E-state index contributed by atoms with van der Waals surface area (Å²) in [4.78, 5) is 21.1. The largest absolute Gasteiger partial charge is 0.354 e. The van der Waals surface area contributed by atoms with Gasteiger partial charge in [-0.25, -0.2) is 9.97 Å². The molecule has 0 saturated heterocycles. The summed E-state index contributed by atoms with van der Waals surface area (Å²) in [7, 11) is 0. The van der Waals surface area contributed by atoms with Crippen LogP contribution >= 0.6 is 0 Å². The van der Waals surface area contributed by atoms with Crippen LogP contribution in [0.3, 0.4) is 0 Å². The average Bonchev–Trinajstić information content (AvgIpc) is 2.46. The van der Waals surface area contributed by atoms with Crippen LogP contribution in [-0.4, -0.2) is 22.4 Å². The molecule has 1 heterocycles. The number of amides is 1. The van der Waals surface area contributed by atoms with Gasteiger partial charge in [0, 0.05) is 17.9 Å². The van der Waals surface area contributed by atoms with Crippen molar-refractivity contribution in [1.82, 2.24) is 9.97 Å². The Kier molecular flexibility index (Phi) is 5.68. The lowest BCUT2D eigenvalue weighted by Gasteiger charge is -2.09. The summed E-state index contributed by atoms with van der Waals surface area (Å²) in [5.74, 6) is 0.281. The molecule has 23 heavy (non-hydrogen) atoms. The third-order valence-corrected chi connectivity index (χ3v) is 3.38. The molecule has 0 bridgehead atoms. The highest BCUT2D eigenvalue weighted by atomic mass is 16.1. The minimum absolute atomic E-state index is 0.223. The molecular weight excluding hydrogens is 288 g/mol. The number of rotatable bonds is 6. The number of unbranched alkanes of at least 4 members (excludes halogenated alkanes) is 1. The number of nitrogens with one attached hydrogen (secondary N) is 2. The molecule has 0 fully saturated rings. The molecule has 1 aromatic carbocycles. The van der Waals surface area contributed by atoms with E-state index in [1.165, 1.54) is 0 Å². The average molecular weight is 312 g/mol. The van der Waals surface area contributed by atoms with Gasteiger partial charge in [0.2, 0.25) is 5.95 Å². The van der Waals surface area contributed by atoms with Gasteiger partial charge in [-0.05, 0) is 56.5 Å². The third-order valence-electron chi connectivity index (χ3n) is 3.38. The molecule has 2 rings (SSSR count). The summed E-state index contributed by atoms with van der Waals surface area (Å²) < 4.78 is 0. The Bertz CT molecular complexity index is 677. The molecule has 0 aliphatic heterocycles. The summed E-state index contributed by atoms with van der Waals surface area (Å²) in [6.45, 7) is 8.81. The van der Waals surface area contributed by atoms with E-state index in [1.807, 2.05) is 32.9 Å². The van der Waals surface area contributed by atoms with Crippen molar-refractivity contribution < 1.29 is 4.79 Å². The van der Waals surface area contributed by atoms with Gasteiger partial charge >= 0.3 is 0 Å². The van der Waals surface area contributed by atoms with E-state index in [1.54, 1.807) is 6.07 Å². The maximum atomic E-state index is 12.4. The molecule has 0 spiro atoms. The molecule has 5 nitrogen and oxygen atoms in total. The van der Waals surface area contributed by atoms with Gasteiger partial charge in [-0.1, -0.05) is 19.4 Å². The fraction of sp³-hybridized carbons (Fsp3) is 0.389. The van der Waals surface area contributed by atoms with Crippen LogP contribution in [-0.2, 0) is 0 Å². The number of anilines is 2. The summed E-state index contributed by atoms with van der Waals surface area (Å²) in [6.07, 6.45) is 2.14. The summed E-state index contributed by atoms with van der Waals surface area (Å²) in [6, 6.07) is 7.65. The highest BCUT2D eigenvalue weighted by Crippen LogP contribution is 2.15. The fourth-order valence-corrected chi connectivity index (χ4v) is 2.38. The van der Waals surface area contributed by atoms with E-state index in [9.17, 15) is 4.79 Å². The normalized spacial score (nSPS) is 10.4. The first-order valence-corrected chi connectivity index (χ1v) is 7.97. The zero-order valence-corrected chi connectivity index (χ0v) is 14.2. The number of benzene rings is 1. The summed E-state index contributed by atoms with van der Waals surface area (Å²) >= 11 is 0. The smallest absolute Gasteiger partial charge is 0.274 e. The molecule has 0 aliphatic carbocycles. The first-order chi connectivity index (χ1) is 11.0. The first kappa shape index (κ1) is 16.9. The van der Waals surface area contributed by atoms with Gasteiger partial charge in [-0.3, -0.25) is 4.79 Å². The summed E-state index contributed by atoms with van der Waals surface area (Å²) in [5, 5.41) is 6.07. The lowest BCUT2D eigenvalue weighted by Crippen LogP contribution is -2.16. The Labute approximate surface area is 137 Å². The van der Waals surface area contributed by atoms with E-state index >= 15 is 0 Å². The van der Waals surface area contributed by atoms with Gasteiger partial charge in [0.1, 0.15) is 5.69 Å². The van der Waals surface area contributed by atoms with Crippen molar-refractivity contribution in [3.8, 4) is 0 Å². The highest BCUT2D eigenvalue weighted by molar-refractivity contribution is 6.03. The number of carbonyl (C=O) groups excluding carboxylic acids is 1. The van der Waals surface area contributed by atoms with Gasteiger partial charge in [0.25, 0.3) is 5.91 Å². The highest BCUT2D eigenvalue weighted by Gasteiger charge is 2.11. The quantitative estimate of drug-likeness (QED) is 0.795. The van der Waals surface area contributed by atoms with Crippen molar-refractivity contribution in [3.63, 3.8) is 0 Å². The van der Waals surface area contributed by atoms with Gasteiger partial charge < -0.3 is 10.6 Å². The fourth-order valence-electron chi connectivity index (χ4n) is 2.38. The molecule has 0 atom stereocenters. The van der Waals surface area contributed by atoms with Crippen LogP contribution in [0, 0.1) is 20.8 Å². The Hall–Kier alpha value is -2.43. The molecule has 122 valence electrons. The molecule has 0 aliphatic rings. The molecule has 5 heteroatoms. The third kappa shape index (κ3) is 5.06. The number of carbonyl (C=O) groups is 1. The number of aryl methyl sites for hydroxylation is 3. The Morgan fingerprint density at radius 3 is 2.39 bits per heavy atom. The maximum absolute atomic E-state index is 12.4. The zero-order valence-electron chi connectivity index (χ0n) is 14.2. The van der Waals surface area contributed by atoms with Crippen molar-refractivity contribution in [3.05, 3.63) is 46.8 Å². The molecular formula is C18H24N4O. The Balaban J connectivity index is 2.14. The van der Waals surface area contributed by atoms with Gasteiger partial charge in [0.05, 0.1) is 0 Å². The van der Waals surface area contributed by atoms with Gasteiger partial charge in [0.15, 0.2) is 0 Å². The molecule has 1 amide bonds. The van der Waals surface area contributed by atoms with Crippen molar-refractivity contribution in [2.75, 3.05) is 17.2 Å². The number of hydrogen-bond donors (Lipinski definition) is 2. The first-order valence-electron chi connectivity index (χ1n) is 7.97. The second kappa shape index (κ2) is 7.72. The second-order valence-corrected chi connectivity index (χ2v) is 5.83. The predicted molar refractivity (Wildman–Crippen MR) is 94.0 cm³/mol. The van der Waals surface area contributed by atoms with E-state index in [-0.39, 0.29) is 5.91 Å². The van der Waals surface area contributed by atoms with Crippen molar-refractivity contribution in [2.45, 2.75) is 40.5 Å². The topological polar surface area (TPSA) is 66.9 Å². The molecule has 0 saturated carbocycles. The standard InChI is InChI=1S/C18H24N4O/c1-5-6-7-19-18-20-14(4)11-16(22-18)17(23)21-15-9-12(2)8-13(3)10-15/h8-11H,5-7H2,1-4H3,(H,21,23)(H,19,20,22). The Morgan fingerprint density at radius 2 is 1.74 bits per heavy atom. The minimum Gasteiger partial charge on any atom is -0.354 e. The monoisotopic (exact) mass is 312 g/mol. The summed E-state index contributed by atoms with van der Waals surface area (Å²) in [5.41, 5.74) is 4.15. The lowest BCUT2D eigenvalue weighted by molar-refractivity contribution is 0.102. The van der Waals surface area contributed by atoms with Crippen LogP contribution in [0.15, 0.2) is 24.3 Å². The van der Waals surface area contributed by atoms with Crippen LogP contribution in [0.2, 0.25) is 0 Å². The van der Waals surface area contributed by atoms with Crippen molar-refractivity contribution in [1.29, 1.82) is 0 Å². The van der Waals surface area contributed by atoms with E-state index in [0.717, 1.165) is 41.9 Å². The van der Waals surface area contributed by atoms with Crippen LogP contribution in [0.5, 0.6) is 0 Å². The Morgan fingerprint density at radius 1 is 1.04 bits per heavy atom. The number of hydrogen-bond acceptors (Lipinski definition) is 4. The maximum Gasteiger partial charge on any atom is 0.274 e. The van der Waals surface area contributed by atoms with Crippen LogP contribution in [0.4, 0.5) is 11.6 Å². The number of aromatic nitrogens is 2. The molecule has 2 aromatic rings. The zero-order chi connectivity index (χ0) is 16.8. The lowest BCUT2D eigenvalue weighted by atomic mass is 10.1. The molecule has 0 unspecified atom stereocenters. The van der Waals surface area contributed by atoms with Crippen LogP contribution < -0.4 is 10.6 Å². The van der Waals surface area contributed by atoms with Crippen molar-refractivity contribution in [2.24, 2.45) is 0 Å². The van der Waals surface area contributed by atoms with Gasteiger partial charge in [-0.15, -0.1) is 0 Å². The second-order valence-electron chi connectivity index (χ2n) is 5.83. The SMILES string of the molecule is CCCCNc1nc(C)cc(C(=O)Nc2cc(C)cc(C)c2)n1. The van der Waals surface area contributed by atoms with Crippen LogP contribution in [0.1, 0.15) is 47.1 Å². The van der Waals surface area contributed by atoms with Crippen molar-refractivity contribution >= 4 is 17.5 Å². The van der Waals surface area contributed by atoms with E-state index in [0.29, 0.717) is 11.6 Å². The van der Waals surface area contributed by atoms with Crippen LogP contribution in [0.25, 0.3) is 0 Å². The molecule has 0 radical (unpaired) electrons. The predicted octanol–water partition coefficient (Wildman–Crippen LogP) is 3.87. The minimum atomic E-state index is -0.223.